The average Bonchev–Trinajstić information content (AvgIpc) is 3.27. The summed E-state index contributed by atoms with van der Waals surface area (Å²) in [6.07, 6.45) is 1.93. The second kappa shape index (κ2) is 11.9. The zero-order valence-electron chi connectivity index (χ0n) is 21.3. The van der Waals surface area contributed by atoms with E-state index in [0.29, 0.717) is 40.2 Å². The summed E-state index contributed by atoms with van der Waals surface area (Å²) >= 11 is 3.57. The summed E-state index contributed by atoms with van der Waals surface area (Å²) in [5, 5.41) is 5.71. The quantitative estimate of drug-likeness (QED) is 0.137. The zero-order chi connectivity index (χ0) is 26.5. The number of fused-ring (bicyclic) bond motifs is 1. The van der Waals surface area contributed by atoms with Gasteiger partial charge in [0.25, 0.3) is 0 Å². The van der Waals surface area contributed by atoms with Crippen LogP contribution >= 0.6 is 11.6 Å². The van der Waals surface area contributed by atoms with E-state index in [0.717, 1.165) is 6.04 Å². The molecule has 3 rings (SSSR count). The van der Waals surface area contributed by atoms with Crippen molar-refractivity contribution in [3.05, 3.63) is 59.2 Å². The molecule has 0 saturated carbocycles. The number of esters is 1. The minimum Gasteiger partial charge on any atom is -0.755 e. The molecule has 0 bridgehead atoms. The number of hydrogen-bond acceptors (Lipinski definition) is 6. The maximum Gasteiger partial charge on any atom is 0.338 e. The number of benzene rings is 2. The molecular weight excluding hydrogens is 518 g/mol. The molecule has 0 aliphatic rings. The van der Waals surface area contributed by atoms with Crippen LogP contribution in [0.25, 0.3) is 10.9 Å². The van der Waals surface area contributed by atoms with Crippen LogP contribution in [0.1, 0.15) is 18.9 Å². The Morgan fingerprint density at radius 2 is 1.89 bits per heavy atom. The molecule has 1 heterocycles. The first kappa shape index (κ1) is 28.3. The second-order valence-corrected chi connectivity index (χ2v) is 16.7. The normalized spacial score (nSPS) is 14.4. The van der Waals surface area contributed by atoms with Crippen molar-refractivity contribution in [3.8, 4) is 0 Å². The molecule has 2 atom stereocenters. The number of aromatic nitrogens is 2. The Labute approximate surface area is 221 Å². The third-order valence-electron chi connectivity index (χ3n) is 6.19. The SMILES string of the molecule is CCC(C(=O)OC)(c1ccc(Cl)cc1)n1ncc2c(N(CCOCC[Si](C)(C)C)S(=O)[O-])cccc21. The lowest BCUT2D eigenvalue weighted by Crippen LogP contribution is -2.44. The minimum absolute atomic E-state index is 0.166. The third-order valence-corrected chi connectivity index (χ3v) is 8.89. The molecule has 0 aliphatic carbocycles. The van der Waals surface area contributed by atoms with Crippen LogP contribution in [0.5, 0.6) is 0 Å². The van der Waals surface area contributed by atoms with E-state index in [4.69, 9.17) is 21.1 Å². The predicted molar refractivity (Wildman–Crippen MR) is 146 cm³/mol. The number of carbonyl (C=O) groups excluding carboxylic acids is 1. The molecule has 2 aromatic carbocycles. The van der Waals surface area contributed by atoms with Crippen molar-refractivity contribution < 1.29 is 23.0 Å². The van der Waals surface area contributed by atoms with Crippen LogP contribution in [0.2, 0.25) is 30.7 Å². The van der Waals surface area contributed by atoms with Crippen molar-refractivity contribution in [1.29, 1.82) is 0 Å². The predicted octanol–water partition coefficient (Wildman–Crippen LogP) is 4.97. The highest BCUT2D eigenvalue weighted by Gasteiger charge is 2.44. The Kier molecular flexibility index (Phi) is 9.34. The second-order valence-electron chi connectivity index (χ2n) is 9.72. The number of rotatable bonds is 12. The zero-order valence-corrected chi connectivity index (χ0v) is 23.9. The van der Waals surface area contributed by atoms with E-state index in [1.165, 1.54) is 11.4 Å². The molecule has 0 aliphatic heterocycles. The van der Waals surface area contributed by atoms with Crippen LogP contribution in [0.3, 0.4) is 0 Å². The van der Waals surface area contributed by atoms with E-state index >= 15 is 0 Å². The fraction of sp³-hybridized carbons (Fsp3) is 0.440. The highest BCUT2D eigenvalue weighted by Crippen LogP contribution is 2.37. The summed E-state index contributed by atoms with van der Waals surface area (Å²) in [6.45, 7) is 9.72. The van der Waals surface area contributed by atoms with Gasteiger partial charge in [0.1, 0.15) is 0 Å². The Hall–Kier alpha value is -2.24. The van der Waals surface area contributed by atoms with Crippen LogP contribution in [0, 0.1) is 0 Å². The fourth-order valence-corrected chi connectivity index (χ4v) is 5.61. The number of ether oxygens (including phenoxy) is 2. The molecular formula is C25H33ClN3O5SSi-. The van der Waals surface area contributed by atoms with E-state index in [2.05, 4.69) is 24.7 Å². The summed E-state index contributed by atoms with van der Waals surface area (Å²) < 4.78 is 38.2. The summed E-state index contributed by atoms with van der Waals surface area (Å²) in [4.78, 5) is 13.3. The summed E-state index contributed by atoms with van der Waals surface area (Å²) in [7, 11) is 0.102. The summed E-state index contributed by atoms with van der Waals surface area (Å²) in [6, 6.07) is 13.3. The molecule has 0 saturated heterocycles. The van der Waals surface area contributed by atoms with Gasteiger partial charge in [-0.2, -0.15) is 5.10 Å². The van der Waals surface area contributed by atoms with E-state index in [1.807, 2.05) is 13.0 Å². The summed E-state index contributed by atoms with van der Waals surface area (Å²) in [5.74, 6) is -0.484. The van der Waals surface area contributed by atoms with Crippen LogP contribution in [0.4, 0.5) is 5.69 Å². The molecule has 11 heteroatoms. The van der Waals surface area contributed by atoms with Crippen molar-refractivity contribution in [1.82, 2.24) is 9.78 Å². The maximum atomic E-state index is 13.3. The van der Waals surface area contributed by atoms with Gasteiger partial charge in [-0.3, -0.25) is 8.51 Å². The maximum absolute atomic E-state index is 13.3. The van der Waals surface area contributed by atoms with Crippen LogP contribution < -0.4 is 4.31 Å². The van der Waals surface area contributed by atoms with Gasteiger partial charge in [-0.25, -0.2) is 9.48 Å². The lowest BCUT2D eigenvalue weighted by molar-refractivity contribution is -0.149. The van der Waals surface area contributed by atoms with E-state index in [1.54, 1.807) is 47.3 Å². The first-order valence-electron chi connectivity index (χ1n) is 11.8. The number of hydrogen-bond donors (Lipinski definition) is 0. The monoisotopic (exact) mass is 550 g/mol. The van der Waals surface area contributed by atoms with Crippen molar-refractivity contribution in [2.45, 2.75) is 44.6 Å². The smallest absolute Gasteiger partial charge is 0.338 e. The van der Waals surface area contributed by atoms with Crippen LogP contribution in [-0.4, -0.2) is 59.5 Å². The van der Waals surface area contributed by atoms with Crippen molar-refractivity contribution >= 4 is 53.5 Å². The topological polar surface area (TPSA) is 96.7 Å². The molecule has 2 unspecified atom stereocenters. The molecule has 0 radical (unpaired) electrons. The van der Waals surface area contributed by atoms with E-state index < -0.39 is 30.8 Å². The molecule has 0 amide bonds. The van der Waals surface area contributed by atoms with Gasteiger partial charge in [-0.15, -0.1) is 0 Å². The standard InChI is InChI=1S/C25H34ClN3O5SSi/c1-6-25(24(30)33-2,19-10-12-20(26)13-11-19)29-23-9-7-8-22(21(23)18-27-29)28(35(31)32)14-15-34-16-17-36(3,4)5/h7-13,18H,6,14-17H2,1-5H3,(H,31,32)/p-1. The molecule has 3 aromatic rings. The van der Waals surface area contributed by atoms with Gasteiger partial charge in [0.05, 0.1) is 37.7 Å². The molecule has 8 nitrogen and oxygen atoms in total. The highest BCUT2D eigenvalue weighted by molar-refractivity contribution is 7.80. The molecule has 0 fully saturated rings. The molecule has 36 heavy (non-hydrogen) atoms. The lowest BCUT2D eigenvalue weighted by Gasteiger charge is -2.32. The first-order valence-corrected chi connectivity index (χ1v) is 16.9. The van der Waals surface area contributed by atoms with Crippen molar-refractivity contribution in [3.63, 3.8) is 0 Å². The van der Waals surface area contributed by atoms with Gasteiger partial charge in [-0.1, -0.05) is 56.4 Å². The Morgan fingerprint density at radius 3 is 2.47 bits per heavy atom. The fourth-order valence-electron chi connectivity index (χ4n) is 4.18. The van der Waals surface area contributed by atoms with Gasteiger partial charge in [0, 0.05) is 36.4 Å². The molecule has 0 N–H and O–H groups in total. The van der Waals surface area contributed by atoms with Gasteiger partial charge in [0.2, 0.25) is 0 Å². The number of nitrogens with zero attached hydrogens (tertiary/aromatic N) is 3. The highest BCUT2D eigenvalue weighted by atomic mass is 35.5. The number of halogens is 1. The van der Waals surface area contributed by atoms with Gasteiger partial charge < -0.3 is 14.0 Å². The molecule has 196 valence electrons. The molecule has 0 spiro atoms. The van der Waals surface area contributed by atoms with Gasteiger partial charge in [-0.05, 0) is 42.3 Å². The number of anilines is 1. The number of carbonyl (C=O) groups is 1. The Bertz CT molecular complexity index is 1210. The third kappa shape index (κ3) is 6.00. The first-order chi connectivity index (χ1) is 17.0. The Morgan fingerprint density at radius 1 is 1.19 bits per heavy atom. The lowest BCUT2D eigenvalue weighted by atomic mass is 9.87. The van der Waals surface area contributed by atoms with Crippen molar-refractivity contribution in [2.75, 3.05) is 31.2 Å². The minimum atomic E-state index is -2.53. The van der Waals surface area contributed by atoms with E-state index in [-0.39, 0.29) is 13.2 Å². The van der Waals surface area contributed by atoms with Crippen molar-refractivity contribution in [2.24, 2.45) is 0 Å². The summed E-state index contributed by atoms with van der Waals surface area (Å²) in [5.41, 5.74) is 0.467. The molecule has 1 aromatic heterocycles. The van der Waals surface area contributed by atoms with E-state index in [9.17, 15) is 13.6 Å². The average molecular weight is 551 g/mol. The van der Waals surface area contributed by atoms with Gasteiger partial charge >= 0.3 is 5.97 Å². The van der Waals surface area contributed by atoms with Gasteiger partial charge in [0.15, 0.2) is 5.54 Å². The van der Waals surface area contributed by atoms with Crippen LogP contribution in [-0.2, 0) is 31.1 Å². The number of methoxy groups -OCH3 is 1. The Balaban J connectivity index is 2.02. The largest absolute Gasteiger partial charge is 0.755 e. The van der Waals surface area contributed by atoms with Crippen LogP contribution in [0.15, 0.2) is 48.7 Å².